The lowest BCUT2D eigenvalue weighted by molar-refractivity contribution is 0.756. The highest BCUT2D eigenvalue weighted by atomic mass is 15.3. The first-order valence-corrected chi connectivity index (χ1v) is 4.25. The van der Waals surface area contributed by atoms with Gasteiger partial charge >= 0.3 is 0 Å². The molecule has 0 bridgehead atoms. The van der Waals surface area contributed by atoms with Crippen LogP contribution in [0.1, 0.15) is 20.3 Å². The van der Waals surface area contributed by atoms with Crippen molar-refractivity contribution in [3.05, 3.63) is 12.7 Å². The maximum Gasteiger partial charge on any atom is 0.228 e. The summed E-state index contributed by atoms with van der Waals surface area (Å²) >= 11 is 0. The second-order valence-electron chi connectivity index (χ2n) is 2.52. The van der Waals surface area contributed by atoms with Crippen molar-refractivity contribution in [2.75, 3.05) is 18.0 Å². The molecule has 4 nitrogen and oxygen atoms in total. The predicted octanol–water partition coefficient (Wildman–Crippen LogP) is 1.11. The molecular formula is C8H14N4. The lowest BCUT2D eigenvalue weighted by Crippen LogP contribution is -2.25. The third-order valence-corrected chi connectivity index (χ3v) is 1.64. The Hall–Kier alpha value is -1.19. The van der Waals surface area contributed by atoms with Crippen molar-refractivity contribution in [3.8, 4) is 0 Å². The number of aromatic nitrogens is 3. The van der Waals surface area contributed by atoms with Gasteiger partial charge in [0.25, 0.3) is 0 Å². The molecule has 0 aliphatic carbocycles. The fourth-order valence-corrected chi connectivity index (χ4v) is 1.07. The average molecular weight is 166 g/mol. The quantitative estimate of drug-likeness (QED) is 0.672. The van der Waals surface area contributed by atoms with Crippen LogP contribution in [0.25, 0.3) is 0 Å². The van der Waals surface area contributed by atoms with E-state index in [0.717, 1.165) is 25.5 Å². The van der Waals surface area contributed by atoms with Crippen LogP contribution < -0.4 is 4.90 Å². The molecule has 0 saturated heterocycles. The van der Waals surface area contributed by atoms with Crippen LogP contribution in [-0.2, 0) is 0 Å². The van der Waals surface area contributed by atoms with Crippen molar-refractivity contribution < 1.29 is 0 Å². The van der Waals surface area contributed by atoms with Crippen molar-refractivity contribution in [1.82, 2.24) is 15.0 Å². The monoisotopic (exact) mass is 166 g/mol. The van der Waals surface area contributed by atoms with E-state index in [1.54, 1.807) is 0 Å². The zero-order valence-electron chi connectivity index (χ0n) is 7.56. The molecule has 66 valence electrons. The van der Waals surface area contributed by atoms with Gasteiger partial charge in [-0.1, -0.05) is 6.92 Å². The van der Waals surface area contributed by atoms with Gasteiger partial charge in [-0.05, 0) is 13.3 Å². The summed E-state index contributed by atoms with van der Waals surface area (Å²) in [4.78, 5) is 14.0. The lowest BCUT2D eigenvalue weighted by atomic mass is 10.4. The van der Waals surface area contributed by atoms with Crippen molar-refractivity contribution in [1.29, 1.82) is 0 Å². The van der Waals surface area contributed by atoms with Gasteiger partial charge in [-0.15, -0.1) is 0 Å². The summed E-state index contributed by atoms with van der Waals surface area (Å²) in [6.45, 7) is 6.18. The SMILES string of the molecule is CCCN(CC)c1ncncn1. The molecule has 0 aromatic carbocycles. The Balaban J connectivity index is 2.66. The molecule has 0 aliphatic rings. The van der Waals surface area contributed by atoms with E-state index in [0.29, 0.717) is 0 Å². The Kier molecular flexibility index (Phi) is 3.44. The predicted molar refractivity (Wildman–Crippen MR) is 48.0 cm³/mol. The van der Waals surface area contributed by atoms with Gasteiger partial charge in [0.2, 0.25) is 5.95 Å². The summed E-state index contributed by atoms with van der Waals surface area (Å²) < 4.78 is 0. The highest BCUT2D eigenvalue weighted by Gasteiger charge is 2.03. The molecule has 0 saturated carbocycles. The van der Waals surface area contributed by atoms with E-state index in [1.807, 2.05) is 0 Å². The van der Waals surface area contributed by atoms with Gasteiger partial charge in [-0.3, -0.25) is 0 Å². The molecule has 1 rings (SSSR count). The number of hydrogen-bond donors (Lipinski definition) is 0. The minimum Gasteiger partial charge on any atom is -0.341 e. The molecule has 12 heavy (non-hydrogen) atoms. The summed E-state index contributed by atoms with van der Waals surface area (Å²) in [6.07, 6.45) is 4.17. The van der Waals surface area contributed by atoms with E-state index in [9.17, 15) is 0 Å². The Morgan fingerprint density at radius 3 is 2.42 bits per heavy atom. The van der Waals surface area contributed by atoms with Crippen LogP contribution in [0, 0.1) is 0 Å². The topological polar surface area (TPSA) is 41.9 Å². The fraction of sp³-hybridized carbons (Fsp3) is 0.625. The molecule has 0 N–H and O–H groups in total. The molecule has 4 heteroatoms. The Bertz CT molecular complexity index is 212. The first-order valence-electron chi connectivity index (χ1n) is 4.25. The van der Waals surface area contributed by atoms with Crippen molar-refractivity contribution >= 4 is 5.95 Å². The average Bonchev–Trinajstić information content (AvgIpc) is 2.15. The summed E-state index contributed by atoms with van der Waals surface area (Å²) in [7, 11) is 0. The molecule has 1 heterocycles. The zero-order chi connectivity index (χ0) is 8.81. The third-order valence-electron chi connectivity index (χ3n) is 1.64. The van der Waals surface area contributed by atoms with Gasteiger partial charge in [0.15, 0.2) is 0 Å². The van der Waals surface area contributed by atoms with E-state index in [1.165, 1.54) is 12.7 Å². The molecule has 0 aliphatic heterocycles. The van der Waals surface area contributed by atoms with E-state index >= 15 is 0 Å². The molecule has 0 amide bonds. The van der Waals surface area contributed by atoms with Gasteiger partial charge in [-0.25, -0.2) is 15.0 Å². The van der Waals surface area contributed by atoms with Crippen LogP contribution in [-0.4, -0.2) is 28.0 Å². The fourth-order valence-electron chi connectivity index (χ4n) is 1.07. The summed E-state index contributed by atoms with van der Waals surface area (Å²) in [6, 6.07) is 0. The molecule has 1 aromatic rings. The van der Waals surface area contributed by atoms with Crippen molar-refractivity contribution in [2.45, 2.75) is 20.3 Å². The highest BCUT2D eigenvalue weighted by molar-refractivity contribution is 5.26. The van der Waals surface area contributed by atoms with Crippen LogP contribution in [0.2, 0.25) is 0 Å². The van der Waals surface area contributed by atoms with Gasteiger partial charge in [-0.2, -0.15) is 0 Å². The normalized spacial score (nSPS) is 9.83. The number of hydrogen-bond acceptors (Lipinski definition) is 4. The highest BCUT2D eigenvalue weighted by Crippen LogP contribution is 2.03. The molecule has 1 aromatic heterocycles. The number of anilines is 1. The molecule has 0 spiro atoms. The molecular weight excluding hydrogens is 152 g/mol. The largest absolute Gasteiger partial charge is 0.341 e. The van der Waals surface area contributed by atoms with Gasteiger partial charge in [0.05, 0.1) is 0 Å². The molecule has 0 atom stereocenters. The smallest absolute Gasteiger partial charge is 0.228 e. The first-order chi connectivity index (χ1) is 5.88. The van der Waals surface area contributed by atoms with Crippen LogP contribution in [0.4, 0.5) is 5.95 Å². The minimum atomic E-state index is 0.773. The van der Waals surface area contributed by atoms with E-state index in [2.05, 4.69) is 33.7 Å². The second-order valence-corrected chi connectivity index (χ2v) is 2.52. The first kappa shape index (κ1) is 8.90. The summed E-state index contributed by atoms with van der Waals surface area (Å²) in [5.41, 5.74) is 0. The second kappa shape index (κ2) is 4.64. The van der Waals surface area contributed by atoms with E-state index in [-0.39, 0.29) is 0 Å². The van der Waals surface area contributed by atoms with Crippen LogP contribution in [0.15, 0.2) is 12.7 Å². The zero-order valence-corrected chi connectivity index (χ0v) is 7.56. The number of nitrogens with zero attached hydrogens (tertiary/aromatic N) is 4. The van der Waals surface area contributed by atoms with Gasteiger partial charge < -0.3 is 4.90 Å². The lowest BCUT2D eigenvalue weighted by Gasteiger charge is -2.18. The maximum atomic E-state index is 4.07. The Labute approximate surface area is 72.7 Å². The van der Waals surface area contributed by atoms with Crippen LogP contribution >= 0.6 is 0 Å². The minimum absolute atomic E-state index is 0.773. The summed E-state index contributed by atoms with van der Waals surface area (Å²) in [5, 5.41) is 0. The maximum absolute atomic E-state index is 4.07. The van der Waals surface area contributed by atoms with Crippen molar-refractivity contribution in [2.24, 2.45) is 0 Å². The van der Waals surface area contributed by atoms with E-state index < -0.39 is 0 Å². The Morgan fingerprint density at radius 2 is 1.92 bits per heavy atom. The van der Waals surface area contributed by atoms with E-state index in [4.69, 9.17) is 0 Å². The molecule has 0 unspecified atom stereocenters. The Morgan fingerprint density at radius 1 is 1.25 bits per heavy atom. The van der Waals surface area contributed by atoms with Gasteiger partial charge in [0.1, 0.15) is 12.7 Å². The van der Waals surface area contributed by atoms with Gasteiger partial charge in [0, 0.05) is 13.1 Å². The third kappa shape index (κ3) is 2.15. The summed E-state index contributed by atoms with van der Waals surface area (Å²) in [5.74, 6) is 0.773. The van der Waals surface area contributed by atoms with Crippen LogP contribution in [0.5, 0.6) is 0 Å². The van der Waals surface area contributed by atoms with Crippen molar-refractivity contribution in [3.63, 3.8) is 0 Å². The molecule has 0 radical (unpaired) electrons. The molecule has 0 fully saturated rings. The number of rotatable bonds is 4. The standard InChI is InChI=1S/C8H14N4/c1-3-5-12(4-2)8-10-6-9-7-11-8/h6-7H,3-5H2,1-2H3. The van der Waals surface area contributed by atoms with Crippen LogP contribution in [0.3, 0.4) is 0 Å².